The third kappa shape index (κ3) is 44.8. The van der Waals surface area contributed by atoms with Gasteiger partial charge in [-0.15, -0.1) is 0 Å². The van der Waals surface area contributed by atoms with Gasteiger partial charge in [0.05, 0.1) is 26.4 Å². The van der Waals surface area contributed by atoms with Crippen LogP contribution in [0.4, 0.5) is 0 Å². The number of carbonyl (C=O) groups excluding carboxylic acids is 1. The monoisotopic (exact) mass is 847 g/mol. The molecule has 0 rings (SSSR count). The highest BCUT2D eigenvalue weighted by molar-refractivity contribution is 7.47. The number of hydrogen-bond acceptors (Lipinski definition) is 8. The molecule has 3 unspecified atom stereocenters. The van der Waals surface area contributed by atoms with Crippen LogP contribution in [0.15, 0.2) is 97.2 Å². The van der Waals surface area contributed by atoms with E-state index in [9.17, 15) is 19.4 Å². The molecule has 3 N–H and O–H groups in total. The minimum Gasteiger partial charge on any atom is -0.457 e. The van der Waals surface area contributed by atoms with Gasteiger partial charge < -0.3 is 24.6 Å². The van der Waals surface area contributed by atoms with Crippen molar-refractivity contribution in [2.75, 3.05) is 33.0 Å². The predicted molar refractivity (Wildman–Crippen MR) is 246 cm³/mol. The van der Waals surface area contributed by atoms with E-state index in [1.165, 1.54) is 57.8 Å². The van der Waals surface area contributed by atoms with Crippen molar-refractivity contribution in [3.05, 3.63) is 97.2 Å². The zero-order chi connectivity index (χ0) is 43.2. The maximum absolute atomic E-state index is 12.6. The number of aliphatic hydroxyl groups excluding tert-OH is 2. The van der Waals surface area contributed by atoms with E-state index in [-0.39, 0.29) is 13.0 Å². The van der Waals surface area contributed by atoms with Gasteiger partial charge >= 0.3 is 13.8 Å². The summed E-state index contributed by atoms with van der Waals surface area (Å²) in [5.41, 5.74) is 0. The SMILES string of the molecule is CC/C=C\C/C=C\C/C=C\C/C=C\C/C=C\C/C=C\C/C=C\CCCC(=O)OC(COCCCCCCCC/C=C\CCCCCCC)COP(=O)(O)OCC(O)CO. The van der Waals surface area contributed by atoms with Crippen LogP contribution < -0.4 is 0 Å². The standard InChI is InChI=1S/C49H83O9P/c1-3-5-7-9-11-13-15-17-19-20-21-22-23-24-25-26-27-29-31-33-35-37-39-41-49(52)58-48(46-57-59(53,54)56-44-47(51)43-50)45-55-42-40-38-36-34-32-30-28-18-16-14-12-10-8-6-4-2/h5,7,11,13,16-19,21-22,24-25,27,29,33,35,47-48,50-51H,3-4,6,8-10,12,14-15,20,23,26,28,30-32,34,36-46H2,1-2H3,(H,53,54)/b7-5-,13-11-,18-16-,19-17-,22-21-,25-24-,29-27-,35-33-. The van der Waals surface area contributed by atoms with E-state index in [0.717, 1.165) is 77.0 Å². The van der Waals surface area contributed by atoms with Gasteiger partial charge in [-0.1, -0.05) is 162 Å². The van der Waals surface area contributed by atoms with Gasteiger partial charge in [0.15, 0.2) is 0 Å². The van der Waals surface area contributed by atoms with Crippen LogP contribution in [-0.4, -0.2) is 66.3 Å². The number of phosphoric acid groups is 1. The number of ether oxygens (including phenoxy) is 2. The van der Waals surface area contributed by atoms with Gasteiger partial charge in [-0.05, 0) is 89.9 Å². The average Bonchev–Trinajstić information content (AvgIpc) is 3.23. The average molecular weight is 847 g/mol. The van der Waals surface area contributed by atoms with Crippen molar-refractivity contribution in [2.45, 2.75) is 174 Å². The first-order chi connectivity index (χ1) is 28.8. The molecule has 3 atom stereocenters. The first-order valence-electron chi connectivity index (χ1n) is 22.7. The highest BCUT2D eigenvalue weighted by Crippen LogP contribution is 2.43. The molecule has 338 valence electrons. The van der Waals surface area contributed by atoms with Crippen LogP contribution in [-0.2, 0) is 27.9 Å². The van der Waals surface area contributed by atoms with Crippen LogP contribution >= 0.6 is 7.82 Å². The zero-order valence-corrected chi connectivity index (χ0v) is 37.8. The first-order valence-corrected chi connectivity index (χ1v) is 24.2. The van der Waals surface area contributed by atoms with E-state index >= 15 is 0 Å². The van der Waals surface area contributed by atoms with E-state index in [2.05, 4.69) is 105 Å². The third-order valence-corrected chi connectivity index (χ3v) is 9.95. The summed E-state index contributed by atoms with van der Waals surface area (Å²) in [5, 5.41) is 18.4. The van der Waals surface area contributed by atoms with Gasteiger partial charge in [0.25, 0.3) is 0 Å². The first kappa shape index (κ1) is 56.4. The summed E-state index contributed by atoms with van der Waals surface area (Å²) in [7, 11) is -4.54. The Bertz CT molecular complexity index is 1230. The van der Waals surface area contributed by atoms with Crippen molar-refractivity contribution in [1.82, 2.24) is 0 Å². The van der Waals surface area contributed by atoms with Gasteiger partial charge in [-0.3, -0.25) is 13.8 Å². The molecule has 0 spiro atoms. The number of hydrogen-bond donors (Lipinski definition) is 3. The van der Waals surface area contributed by atoms with E-state index < -0.39 is 45.8 Å². The van der Waals surface area contributed by atoms with Gasteiger partial charge in [0, 0.05) is 13.0 Å². The number of phosphoric ester groups is 1. The summed E-state index contributed by atoms with van der Waals surface area (Å²) in [6.07, 6.45) is 56.6. The second-order valence-electron chi connectivity index (χ2n) is 14.7. The Hall–Kier alpha value is -2.62. The molecule has 0 aliphatic carbocycles. The summed E-state index contributed by atoms with van der Waals surface area (Å²) in [6.45, 7) is 3.28. The summed E-state index contributed by atoms with van der Waals surface area (Å²) in [6, 6.07) is 0. The van der Waals surface area contributed by atoms with E-state index in [1.807, 2.05) is 6.08 Å². The molecule has 0 saturated carbocycles. The minimum atomic E-state index is -4.54. The van der Waals surface area contributed by atoms with Crippen LogP contribution in [0, 0.1) is 0 Å². The van der Waals surface area contributed by atoms with Crippen LogP contribution in [0.1, 0.15) is 162 Å². The van der Waals surface area contributed by atoms with Crippen LogP contribution in [0.5, 0.6) is 0 Å². The number of carbonyl (C=O) groups is 1. The van der Waals surface area contributed by atoms with Crippen LogP contribution in [0.2, 0.25) is 0 Å². The number of allylic oxidation sites excluding steroid dienone is 16. The molecular formula is C49H83O9P. The highest BCUT2D eigenvalue weighted by Gasteiger charge is 2.26. The fraction of sp³-hybridized carbons (Fsp3) is 0.653. The molecule has 0 aromatic rings. The van der Waals surface area contributed by atoms with E-state index in [1.54, 1.807) is 0 Å². The lowest BCUT2D eigenvalue weighted by molar-refractivity contribution is -0.154. The quantitative estimate of drug-likeness (QED) is 0.0238. The fourth-order valence-electron chi connectivity index (χ4n) is 5.57. The fourth-order valence-corrected chi connectivity index (χ4v) is 6.36. The van der Waals surface area contributed by atoms with E-state index in [4.69, 9.17) is 23.6 Å². The molecule has 0 aromatic carbocycles. The summed E-state index contributed by atoms with van der Waals surface area (Å²) < 4.78 is 33.3. The second-order valence-corrected chi connectivity index (χ2v) is 16.1. The Balaban J connectivity index is 4.30. The molecule has 59 heavy (non-hydrogen) atoms. The van der Waals surface area contributed by atoms with Crippen molar-refractivity contribution in [3.8, 4) is 0 Å². The van der Waals surface area contributed by atoms with Gasteiger partial charge in [-0.25, -0.2) is 4.57 Å². The van der Waals surface area contributed by atoms with Gasteiger partial charge in [0.2, 0.25) is 0 Å². The lowest BCUT2D eigenvalue weighted by Gasteiger charge is -2.20. The van der Waals surface area contributed by atoms with Crippen molar-refractivity contribution in [1.29, 1.82) is 0 Å². The molecule has 0 radical (unpaired) electrons. The van der Waals surface area contributed by atoms with Gasteiger partial charge in [0.1, 0.15) is 12.2 Å². The number of esters is 1. The Morgan fingerprint density at radius 2 is 0.966 bits per heavy atom. The van der Waals surface area contributed by atoms with Crippen molar-refractivity contribution < 1.29 is 43.0 Å². The maximum Gasteiger partial charge on any atom is 0.472 e. The van der Waals surface area contributed by atoms with Crippen molar-refractivity contribution in [2.24, 2.45) is 0 Å². The second kappa shape index (κ2) is 44.9. The molecule has 0 aliphatic rings. The molecular weight excluding hydrogens is 764 g/mol. The lowest BCUT2D eigenvalue weighted by atomic mass is 10.1. The molecule has 10 heteroatoms. The van der Waals surface area contributed by atoms with Crippen molar-refractivity contribution >= 4 is 13.8 Å². The molecule has 0 aliphatic heterocycles. The Morgan fingerprint density at radius 3 is 1.47 bits per heavy atom. The summed E-state index contributed by atoms with van der Waals surface area (Å²) in [5.74, 6) is -0.446. The predicted octanol–water partition coefficient (Wildman–Crippen LogP) is 12.9. The van der Waals surface area contributed by atoms with E-state index in [0.29, 0.717) is 13.0 Å². The summed E-state index contributed by atoms with van der Waals surface area (Å²) >= 11 is 0. The number of rotatable bonds is 42. The Kier molecular flexibility index (Phi) is 42.9. The smallest absolute Gasteiger partial charge is 0.457 e. The largest absolute Gasteiger partial charge is 0.472 e. The molecule has 9 nitrogen and oxygen atoms in total. The molecule has 0 fully saturated rings. The topological polar surface area (TPSA) is 132 Å². The Labute approximate surface area is 359 Å². The lowest BCUT2D eigenvalue weighted by Crippen LogP contribution is -2.29. The normalized spacial score (nSPS) is 14.9. The number of unbranched alkanes of at least 4 members (excludes halogenated alkanes) is 12. The summed E-state index contributed by atoms with van der Waals surface area (Å²) in [4.78, 5) is 22.6. The maximum atomic E-state index is 12.6. The van der Waals surface area contributed by atoms with Gasteiger partial charge in [-0.2, -0.15) is 0 Å². The number of aliphatic hydroxyl groups is 2. The highest BCUT2D eigenvalue weighted by atomic mass is 31.2. The Morgan fingerprint density at radius 1 is 0.542 bits per heavy atom. The molecule has 0 heterocycles. The van der Waals surface area contributed by atoms with Crippen molar-refractivity contribution in [3.63, 3.8) is 0 Å². The molecule has 0 saturated heterocycles. The molecule has 0 aromatic heterocycles. The zero-order valence-electron chi connectivity index (χ0n) is 36.9. The molecule has 0 bridgehead atoms. The molecule has 0 amide bonds. The minimum absolute atomic E-state index is 0.0157. The van der Waals surface area contributed by atoms with Crippen LogP contribution in [0.3, 0.4) is 0 Å². The third-order valence-electron chi connectivity index (χ3n) is 9.00. The van der Waals surface area contributed by atoms with Crippen LogP contribution in [0.25, 0.3) is 0 Å².